The molecular weight excluding hydrogens is 374 g/mol. The van der Waals surface area contributed by atoms with Crippen LogP contribution in [0.1, 0.15) is 17.0 Å². The third-order valence-corrected chi connectivity index (χ3v) is 5.14. The van der Waals surface area contributed by atoms with Crippen molar-refractivity contribution in [2.24, 2.45) is 0 Å². The number of furan rings is 1. The average Bonchev–Trinajstić information content (AvgIpc) is 3.31. The van der Waals surface area contributed by atoms with Crippen molar-refractivity contribution in [1.82, 2.24) is 14.9 Å². The molecule has 1 N–H and O–H groups in total. The highest BCUT2D eigenvalue weighted by Crippen LogP contribution is 2.18. The van der Waals surface area contributed by atoms with E-state index in [0.29, 0.717) is 11.3 Å². The van der Waals surface area contributed by atoms with Crippen molar-refractivity contribution >= 4 is 16.0 Å². The van der Waals surface area contributed by atoms with Gasteiger partial charge in [0, 0.05) is 0 Å². The lowest BCUT2D eigenvalue weighted by Crippen LogP contribution is -2.31. The van der Waals surface area contributed by atoms with Gasteiger partial charge >= 0.3 is 5.97 Å². The zero-order valence-corrected chi connectivity index (χ0v) is 15.4. The predicted octanol–water partition coefficient (Wildman–Crippen LogP) is 1.97. The molecule has 0 bridgehead atoms. The molecule has 0 amide bonds. The van der Waals surface area contributed by atoms with Crippen LogP contribution in [-0.2, 0) is 26.2 Å². The number of nitrogens with zero attached hydrogens (tertiary/aromatic N) is 2. The molecule has 0 saturated heterocycles. The minimum absolute atomic E-state index is 0.0622. The third kappa shape index (κ3) is 4.60. The van der Waals surface area contributed by atoms with Crippen molar-refractivity contribution in [3.05, 3.63) is 53.6 Å². The van der Waals surface area contributed by atoms with Crippen LogP contribution >= 0.6 is 0 Å². The van der Waals surface area contributed by atoms with Crippen molar-refractivity contribution in [2.75, 3.05) is 6.54 Å². The second-order valence-corrected chi connectivity index (χ2v) is 7.47. The van der Waals surface area contributed by atoms with Crippen molar-refractivity contribution < 1.29 is 26.8 Å². The minimum Gasteiger partial charge on any atom is -0.459 e. The van der Waals surface area contributed by atoms with Crippen LogP contribution in [0.15, 0.2) is 50.3 Å². The number of carbonyl (C=O) groups excluding carboxylic acids is 1. The normalized spacial score (nSPS) is 11.5. The van der Waals surface area contributed by atoms with Gasteiger partial charge < -0.3 is 13.6 Å². The van der Waals surface area contributed by atoms with E-state index in [1.165, 1.54) is 12.3 Å². The third-order valence-electron chi connectivity index (χ3n) is 3.60. The summed E-state index contributed by atoms with van der Waals surface area (Å²) in [6.45, 7) is 2.67. The molecule has 27 heavy (non-hydrogen) atoms. The first-order chi connectivity index (χ1) is 12.8. The number of ether oxygens (including phenoxy) is 1. The van der Waals surface area contributed by atoms with Crippen molar-refractivity contribution in [3.8, 4) is 11.7 Å². The molecule has 0 radical (unpaired) electrons. The molecule has 0 aliphatic rings. The van der Waals surface area contributed by atoms with E-state index in [-0.39, 0.29) is 23.3 Å². The van der Waals surface area contributed by atoms with Gasteiger partial charge in [-0.3, -0.25) is 4.79 Å². The summed E-state index contributed by atoms with van der Waals surface area (Å²) in [4.78, 5) is 11.9. The number of carbonyl (C=O) groups is 1. The van der Waals surface area contributed by atoms with Gasteiger partial charge in [0.15, 0.2) is 12.4 Å². The van der Waals surface area contributed by atoms with E-state index in [9.17, 15) is 13.2 Å². The van der Waals surface area contributed by atoms with Crippen LogP contribution in [0, 0.1) is 13.8 Å². The summed E-state index contributed by atoms with van der Waals surface area (Å²) < 4.78 is 42.3. The molecular formula is C17H17N3O6S. The van der Waals surface area contributed by atoms with Gasteiger partial charge in [0.25, 0.3) is 11.8 Å². The Morgan fingerprint density at radius 3 is 2.78 bits per heavy atom. The first-order valence-electron chi connectivity index (χ1n) is 7.94. The molecule has 3 aromatic rings. The fourth-order valence-electron chi connectivity index (χ4n) is 2.23. The van der Waals surface area contributed by atoms with Crippen molar-refractivity contribution in [2.45, 2.75) is 25.3 Å². The topological polar surface area (TPSA) is 125 Å². The van der Waals surface area contributed by atoms with Crippen LogP contribution in [0.4, 0.5) is 0 Å². The zero-order chi connectivity index (χ0) is 19.4. The maximum Gasteiger partial charge on any atom is 0.321 e. The molecule has 0 aliphatic carbocycles. The Kier molecular flexibility index (Phi) is 5.38. The van der Waals surface area contributed by atoms with Gasteiger partial charge in [-0.05, 0) is 43.2 Å². The van der Waals surface area contributed by atoms with Gasteiger partial charge in [0.2, 0.25) is 10.0 Å². The summed E-state index contributed by atoms with van der Waals surface area (Å²) in [5.74, 6) is -0.170. The number of sulfonamides is 1. The standard InChI is InChI=1S/C17H17N3O6S/c1-11-5-6-12(2)14(8-11)27(22,23)18-9-16(21)25-10-15-19-20-17(26-15)13-4-3-7-24-13/h3-8,18H,9-10H2,1-2H3. The van der Waals surface area contributed by atoms with Crippen molar-refractivity contribution in [3.63, 3.8) is 0 Å². The molecule has 3 rings (SSSR count). The largest absolute Gasteiger partial charge is 0.459 e. The van der Waals surface area contributed by atoms with Crippen LogP contribution in [0.25, 0.3) is 11.7 Å². The van der Waals surface area contributed by atoms with Gasteiger partial charge in [0.05, 0.1) is 11.2 Å². The second-order valence-electron chi connectivity index (χ2n) is 5.73. The Balaban J connectivity index is 1.54. The molecule has 2 aromatic heterocycles. The lowest BCUT2D eigenvalue weighted by molar-refractivity contribution is -0.144. The Morgan fingerprint density at radius 1 is 1.22 bits per heavy atom. The molecule has 142 valence electrons. The smallest absolute Gasteiger partial charge is 0.321 e. The van der Waals surface area contributed by atoms with E-state index in [2.05, 4.69) is 14.9 Å². The Labute approximate surface area is 155 Å². The number of aromatic nitrogens is 2. The maximum atomic E-state index is 12.3. The van der Waals surface area contributed by atoms with E-state index in [0.717, 1.165) is 5.56 Å². The van der Waals surface area contributed by atoms with Gasteiger partial charge in [-0.25, -0.2) is 8.42 Å². The van der Waals surface area contributed by atoms with Gasteiger partial charge in [-0.1, -0.05) is 12.1 Å². The number of benzene rings is 1. The highest BCUT2D eigenvalue weighted by Gasteiger charge is 2.19. The predicted molar refractivity (Wildman–Crippen MR) is 92.9 cm³/mol. The summed E-state index contributed by atoms with van der Waals surface area (Å²) in [6, 6.07) is 8.36. The number of hydrogen-bond acceptors (Lipinski definition) is 8. The zero-order valence-electron chi connectivity index (χ0n) is 14.6. The summed E-state index contributed by atoms with van der Waals surface area (Å²) >= 11 is 0. The Morgan fingerprint density at radius 2 is 2.04 bits per heavy atom. The maximum absolute atomic E-state index is 12.3. The van der Waals surface area contributed by atoms with Crippen LogP contribution in [0.2, 0.25) is 0 Å². The van der Waals surface area contributed by atoms with Gasteiger partial charge in [-0.2, -0.15) is 4.72 Å². The van der Waals surface area contributed by atoms with Gasteiger partial charge in [-0.15, -0.1) is 10.2 Å². The van der Waals surface area contributed by atoms with Crippen molar-refractivity contribution in [1.29, 1.82) is 0 Å². The van der Waals surface area contributed by atoms with E-state index in [1.807, 2.05) is 6.07 Å². The number of esters is 1. The number of nitrogens with one attached hydrogen (secondary N) is 1. The quantitative estimate of drug-likeness (QED) is 0.606. The lowest BCUT2D eigenvalue weighted by Gasteiger charge is -2.09. The molecule has 0 saturated carbocycles. The Hall–Kier alpha value is -2.98. The van der Waals surface area contributed by atoms with Gasteiger partial charge in [0.1, 0.15) is 6.54 Å². The van der Waals surface area contributed by atoms with E-state index in [1.54, 1.807) is 32.0 Å². The van der Waals surface area contributed by atoms with E-state index in [4.69, 9.17) is 13.6 Å². The van der Waals surface area contributed by atoms with Crippen LogP contribution in [-0.4, -0.2) is 31.1 Å². The fourth-order valence-corrected chi connectivity index (χ4v) is 3.53. The average molecular weight is 391 g/mol. The van der Waals surface area contributed by atoms with E-state index >= 15 is 0 Å². The summed E-state index contributed by atoms with van der Waals surface area (Å²) in [7, 11) is -3.83. The Bertz CT molecular complexity index is 1040. The summed E-state index contributed by atoms with van der Waals surface area (Å²) in [5, 5.41) is 7.50. The highest BCUT2D eigenvalue weighted by molar-refractivity contribution is 7.89. The fraction of sp³-hybridized carbons (Fsp3) is 0.235. The van der Waals surface area contributed by atoms with Crippen LogP contribution in [0.5, 0.6) is 0 Å². The first kappa shape index (κ1) is 18.8. The second kappa shape index (κ2) is 7.72. The molecule has 0 spiro atoms. The lowest BCUT2D eigenvalue weighted by atomic mass is 10.2. The minimum atomic E-state index is -3.83. The first-order valence-corrected chi connectivity index (χ1v) is 9.42. The molecule has 0 atom stereocenters. The number of hydrogen-bond donors (Lipinski definition) is 1. The monoisotopic (exact) mass is 391 g/mol. The molecule has 0 aliphatic heterocycles. The SMILES string of the molecule is Cc1ccc(C)c(S(=O)(=O)NCC(=O)OCc2nnc(-c3ccco3)o2)c1. The highest BCUT2D eigenvalue weighted by atomic mass is 32.2. The molecule has 9 nitrogen and oxygen atoms in total. The summed E-state index contributed by atoms with van der Waals surface area (Å²) in [6.07, 6.45) is 1.46. The summed E-state index contributed by atoms with van der Waals surface area (Å²) in [5.41, 5.74) is 1.38. The molecule has 1 aromatic carbocycles. The van der Waals surface area contributed by atoms with Crippen LogP contribution in [0.3, 0.4) is 0 Å². The van der Waals surface area contributed by atoms with E-state index < -0.39 is 22.5 Å². The number of aryl methyl sites for hydroxylation is 2. The molecule has 0 fully saturated rings. The molecule has 10 heteroatoms. The molecule has 0 unspecified atom stereocenters. The van der Waals surface area contributed by atoms with Crippen LogP contribution < -0.4 is 4.72 Å². The molecule has 2 heterocycles. The number of rotatable bonds is 7.